The Morgan fingerprint density at radius 3 is 2.45 bits per heavy atom. The molecule has 10 heteroatoms. The van der Waals surface area contributed by atoms with Crippen LogP contribution in [0.15, 0.2) is 27.9 Å². The zero-order valence-electron chi connectivity index (χ0n) is 18.6. The number of aryl methyl sites for hydroxylation is 2. The molecule has 0 saturated carbocycles. The minimum Gasteiger partial charge on any atom is -0.492 e. The van der Waals surface area contributed by atoms with Crippen molar-refractivity contribution in [2.45, 2.75) is 52.4 Å². The minimum absolute atomic E-state index is 0.0350. The number of H-pyrrole nitrogens is 1. The van der Waals surface area contributed by atoms with Gasteiger partial charge in [-0.25, -0.2) is 13.4 Å². The average Bonchev–Trinajstić information content (AvgIpc) is 2.69. The van der Waals surface area contributed by atoms with Crippen molar-refractivity contribution in [3.8, 4) is 5.75 Å². The van der Waals surface area contributed by atoms with Gasteiger partial charge >= 0.3 is 0 Å². The second-order valence-electron chi connectivity index (χ2n) is 6.94. The fourth-order valence-corrected chi connectivity index (χ4v) is 4.74. The van der Waals surface area contributed by atoms with Gasteiger partial charge in [0.2, 0.25) is 15.9 Å². The van der Waals surface area contributed by atoms with E-state index in [1.807, 2.05) is 0 Å². The molecule has 1 aromatic heterocycles. The van der Waals surface area contributed by atoms with Gasteiger partial charge in [-0.3, -0.25) is 9.59 Å². The molecule has 170 valence electrons. The third-order valence-electron chi connectivity index (χ3n) is 4.81. The first kappa shape index (κ1) is 24.5. The van der Waals surface area contributed by atoms with E-state index in [9.17, 15) is 18.0 Å². The van der Waals surface area contributed by atoms with Crippen molar-refractivity contribution < 1.29 is 17.9 Å². The van der Waals surface area contributed by atoms with Gasteiger partial charge < -0.3 is 15.0 Å². The van der Waals surface area contributed by atoms with Crippen molar-refractivity contribution in [2.75, 3.05) is 25.0 Å². The number of sulfonamides is 1. The summed E-state index contributed by atoms with van der Waals surface area (Å²) in [6.07, 6.45) is 0.245. The molecule has 0 fully saturated rings. The number of carbonyl (C=O) groups is 1. The molecule has 0 atom stereocenters. The summed E-state index contributed by atoms with van der Waals surface area (Å²) in [5, 5.41) is 2.72. The van der Waals surface area contributed by atoms with Crippen molar-refractivity contribution in [1.29, 1.82) is 0 Å². The van der Waals surface area contributed by atoms with Gasteiger partial charge in [-0.15, -0.1) is 0 Å². The summed E-state index contributed by atoms with van der Waals surface area (Å²) in [7, 11) is -3.69. The lowest BCUT2D eigenvalue weighted by Gasteiger charge is -2.20. The molecule has 0 saturated heterocycles. The first-order valence-electron chi connectivity index (χ1n) is 10.3. The standard InChI is InChI=1S/C21H30N4O5S/c1-6-25(7-2)31(28,29)16-9-11-19(30-8-3)18(13-16)24-20(26)12-10-17-14(4)22-15(5)23-21(17)27/h9,11,13H,6-8,10,12H2,1-5H3,(H,24,26)(H,22,23,27). The summed E-state index contributed by atoms with van der Waals surface area (Å²) < 4.78 is 32.6. The summed E-state index contributed by atoms with van der Waals surface area (Å²) >= 11 is 0. The zero-order valence-corrected chi connectivity index (χ0v) is 19.4. The zero-order chi connectivity index (χ0) is 23.2. The Balaban J connectivity index is 2.26. The molecule has 0 bridgehead atoms. The maximum atomic E-state index is 12.8. The highest BCUT2D eigenvalue weighted by molar-refractivity contribution is 7.89. The molecule has 0 radical (unpaired) electrons. The molecular formula is C21H30N4O5S. The molecule has 2 aromatic rings. The van der Waals surface area contributed by atoms with Crippen molar-refractivity contribution in [2.24, 2.45) is 0 Å². The summed E-state index contributed by atoms with van der Waals surface area (Å²) in [6, 6.07) is 4.41. The summed E-state index contributed by atoms with van der Waals surface area (Å²) in [4.78, 5) is 31.6. The van der Waals surface area contributed by atoms with Gasteiger partial charge in [0.05, 0.1) is 17.2 Å². The highest BCUT2D eigenvalue weighted by Gasteiger charge is 2.23. The maximum Gasteiger partial charge on any atom is 0.254 e. The Morgan fingerprint density at radius 1 is 1.19 bits per heavy atom. The largest absolute Gasteiger partial charge is 0.492 e. The molecule has 9 nitrogen and oxygen atoms in total. The number of carbonyl (C=O) groups excluding carboxylic acids is 1. The van der Waals surface area contributed by atoms with Gasteiger partial charge in [0, 0.05) is 30.8 Å². The number of aromatic amines is 1. The van der Waals surface area contributed by atoms with E-state index in [-0.39, 0.29) is 34.9 Å². The Bertz CT molecular complexity index is 1090. The van der Waals surface area contributed by atoms with Gasteiger partial charge in [0.25, 0.3) is 5.56 Å². The highest BCUT2D eigenvalue weighted by Crippen LogP contribution is 2.29. The van der Waals surface area contributed by atoms with E-state index in [2.05, 4.69) is 15.3 Å². The Hall–Kier alpha value is -2.72. The first-order chi connectivity index (χ1) is 14.6. The monoisotopic (exact) mass is 450 g/mol. The quantitative estimate of drug-likeness (QED) is 0.573. The Kier molecular flexibility index (Phi) is 8.35. The van der Waals surface area contributed by atoms with Gasteiger partial charge in [0.15, 0.2) is 0 Å². The first-order valence-corrected chi connectivity index (χ1v) is 11.7. The fraction of sp³-hybridized carbons (Fsp3) is 0.476. The Morgan fingerprint density at radius 2 is 1.87 bits per heavy atom. The number of nitrogens with zero attached hydrogens (tertiary/aromatic N) is 2. The molecule has 1 heterocycles. The lowest BCUT2D eigenvalue weighted by atomic mass is 10.1. The SMILES string of the molecule is CCOc1ccc(S(=O)(=O)N(CC)CC)cc1NC(=O)CCc1c(C)nc(C)[nH]c1=O. The number of aromatic nitrogens is 2. The number of hydrogen-bond acceptors (Lipinski definition) is 6. The number of rotatable bonds is 10. The van der Waals surface area contributed by atoms with Crippen LogP contribution in [0.1, 0.15) is 44.3 Å². The van der Waals surface area contributed by atoms with Crippen molar-refractivity contribution >= 4 is 21.6 Å². The number of benzene rings is 1. The Labute approximate surface area is 182 Å². The van der Waals surface area contributed by atoms with Crippen LogP contribution >= 0.6 is 0 Å². The molecule has 1 amide bonds. The van der Waals surface area contributed by atoms with Crippen LogP contribution in [0.2, 0.25) is 0 Å². The lowest BCUT2D eigenvalue weighted by Crippen LogP contribution is -2.30. The predicted octanol–water partition coefficient (Wildman–Crippen LogP) is 2.39. The number of amides is 1. The van der Waals surface area contributed by atoms with Crippen LogP contribution < -0.4 is 15.6 Å². The smallest absolute Gasteiger partial charge is 0.254 e. The second kappa shape index (κ2) is 10.5. The van der Waals surface area contributed by atoms with Gasteiger partial charge in [-0.2, -0.15) is 4.31 Å². The van der Waals surface area contributed by atoms with Crippen molar-refractivity contribution in [1.82, 2.24) is 14.3 Å². The summed E-state index contributed by atoms with van der Waals surface area (Å²) in [5.74, 6) is 0.529. The molecule has 2 rings (SSSR count). The minimum atomic E-state index is -3.69. The normalized spacial score (nSPS) is 11.5. The number of hydrogen-bond donors (Lipinski definition) is 2. The van der Waals surface area contributed by atoms with Gasteiger partial charge in [-0.05, 0) is 45.4 Å². The predicted molar refractivity (Wildman–Crippen MR) is 119 cm³/mol. The van der Waals surface area contributed by atoms with Gasteiger partial charge in [-0.1, -0.05) is 13.8 Å². The number of nitrogens with one attached hydrogen (secondary N) is 2. The van der Waals surface area contributed by atoms with E-state index in [0.717, 1.165) is 0 Å². The van der Waals surface area contributed by atoms with Crippen LogP contribution in [-0.2, 0) is 21.2 Å². The molecule has 31 heavy (non-hydrogen) atoms. The maximum absolute atomic E-state index is 12.8. The number of ether oxygens (including phenoxy) is 1. The number of anilines is 1. The molecule has 1 aromatic carbocycles. The fourth-order valence-electron chi connectivity index (χ4n) is 3.26. The van der Waals surface area contributed by atoms with E-state index in [0.29, 0.717) is 42.5 Å². The van der Waals surface area contributed by atoms with E-state index in [1.54, 1.807) is 34.6 Å². The highest BCUT2D eigenvalue weighted by atomic mass is 32.2. The van der Waals surface area contributed by atoms with Crippen molar-refractivity contribution in [3.63, 3.8) is 0 Å². The second-order valence-corrected chi connectivity index (χ2v) is 8.88. The van der Waals surface area contributed by atoms with E-state index in [1.165, 1.54) is 22.5 Å². The molecular weight excluding hydrogens is 420 g/mol. The molecule has 0 spiro atoms. The third-order valence-corrected chi connectivity index (χ3v) is 6.86. The molecule has 2 N–H and O–H groups in total. The van der Waals surface area contributed by atoms with Gasteiger partial charge in [0.1, 0.15) is 11.6 Å². The average molecular weight is 451 g/mol. The van der Waals surface area contributed by atoms with Crippen molar-refractivity contribution in [3.05, 3.63) is 45.6 Å². The molecule has 0 unspecified atom stereocenters. The topological polar surface area (TPSA) is 121 Å². The molecule has 0 aliphatic heterocycles. The molecule has 0 aliphatic rings. The third kappa shape index (κ3) is 5.92. The van der Waals surface area contributed by atoms with Crippen LogP contribution in [0.4, 0.5) is 5.69 Å². The summed E-state index contributed by atoms with van der Waals surface area (Å²) in [5.41, 5.74) is 1.04. The van der Waals surface area contributed by atoms with Crippen LogP contribution in [0.3, 0.4) is 0 Å². The van der Waals surface area contributed by atoms with Crippen LogP contribution in [0, 0.1) is 13.8 Å². The van der Waals surface area contributed by atoms with E-state index in [4.69, 9.17) is 4.74 Å². The van der Waals surface area contributed by atoms with E-state index < -0.39 is 10.0 Å². The van der Waals surface area contributed by atoms with Crippen LogP contribution in [0.5, 0.6) is 5.75 Å². The van der Waals surface area contributed by atoms with Crippen LogP contribution in [-0.4, -0.2) is 48.3 Å². The van der Waals surface area contributed by atoms with E-state index >= 15 is 0 Å². The lowest BCUT2D eigenvalue weighted by molar-refractivity contribution is -0.116. The van der Waals surface area contributed by atoms with Crippen LogP contribution in [0.25, 0.3) is 0 Å². The molecule has 0 aliphatic carbocycles. The summed E-state index contributed by atoms with van der Waals surface area (Å²) in [6.45, 7) is 9.78.